The second-order valence-electron chi connectivity index (χ2n) is 8.20. The maximum Gasteiger partial charge on any atom is 0.404 e. The molecule has 0 saturated heterocycles. The second kappa shape index (κ2) is 8.14. The number of fused-ring (bicyclic) bond motifs is 1. The van der Waals surface area contributed by atoms with Gasteiger partial charge in [-0.15, -0.1) is 0 Å². The van der Waals surface area contributed by atoms with E-state index in [1.165, 1.54) is 0 Å². The van der Waals surface area contributed by atoms with Gasteiger partial charge in [-0.1, -0.05) is 39.0 Å². The highest BCUT2D eigenvalue weighted by molar-refractivity contribution is 6.74. The number of hydrogen-bond donors (Lipinski definition) is 4. The second-order valence-corrected chi connectivity index (χ2v) is 13.0. The van der Waals surface area contributed by atoms with E-state index in [0.29, 0.717) is 12.3 Å². The SMILES string of the molecule is CC(C)(C)[Si](C)(C)OC[C@H](CNC(=O)O)Nc1c(N)cnc2ccccc12. The zero-order valence-corrected chi connectivity index (χ0v) is 17.7. The number of nitrogens with two attached hydrogens (primary N) is 1. The Morgan fingerprint density at radius 3 is 2.63 bits per heavy atom. The maximum atomic E-state index is 11.0. The fraction of sp³-hybridized carbons (Fsp3) is 0.474. The summed E-state index contributed by atoms with van der Waals surface area (Å²) in [6.07, 6.45) is 0.544. The highest BCUT2D eigenvalue weighted by Gasteiger charge is 2.37. The number of carbonyl (C=O) groups is 1. The van der Waals surface area contributed by atoms with Crippen LogP contribution in [0.15, 0.2) is 30.5 Å². The van der Waals surface area contributed by atoms with Gasteiger partial charge in [0.05, 0.1) is 35.7 Å². The Balaban J connectivity index is 2.25. The van der Waals surface area contributed by atoms with Crippen LogP contribution in [0.3, 0.4) is 0 Å². The lowest BCUT2D eigenvalue weighted by atomic mass is 10.1. The van der Waals surface area contributed by atoms with Crippen LogP contribution >= 0.6 is 0 Å². The van der Waals surface area contributed by atoms with Crippen molar-refractivity contribution in [1.82, 2.24) is 10.3 Å². The molecule has 1 atom stereocenters. The zero-order chi connectivity index (χ0) is 20.2. The van der Waals surface area contributed by atoms with Gasteiger partial charge >= 0.3 is 6.09 Å². The van der Waals surface area contributed by atoms with E-state index in [9.17, 15) is 4.79 Å². The number of pyridine rings is 1. The first-order chi connectivity index (χ1) is 12.5. The van der Waals surface area contributed by atoms with Gasteiger partial charge in [0.15, 0.2) is 8.32 Å². The number of nitrogens with one attached hydrogen (secondary N) is 2. The Kier molecular flexibility index (Phi) is 6.33. The largest absolute Gasteiger partial charge is 0.465 e. The first-order valence-corrected chi connectivity index (χ1v) is 11.9. The molecule has 2 aromatic rings. The van der Waals surface area contributed by atoms with Crippen LogP contribution in [0.25, 0.3) is 10.9 Å². The standard InChI is InChI=1S/C19H30N4O3Si/c1-19(2,3)27(4,5)26-12-13(10-22-18(24)25)23-17-14-8-6-7-9-16(14)21-11-15(17)20/h6-9,11,13,22H,10,12,20H2,1-5H3,(H,21,23)(H,24,25)/t13-/m0/s1. The number of nitrogens with zero attached hydrogens (tertiary/aromatic N) is 1. The number of anilines is 2. The van der Waals surface area contributed by atoms with Crippen LogP contribution in [0.4, 0.5) is 16.2 Å². The molecule has 0 fully saturated rings. The number of rotatable bonds is 7. The summed E-state index contributed by atoms with van der Waals surface area (Å²) in [7, 11) is -1.97. The van der Waals surface area contributed by atoms with E-state index in [0.717, 1.165) is 16.6 Å². The van der Waals surface area contributed by atoms with Crippen LogP contribution in [0.2, 0.25) is 18.1 Å². The molecule has 5 N–H and O–H groups in total. The van der Waals surface area contributed by atoms with Crippen LogP contribution in [0, 0.1) is 0 Å². The number of amides is 1. The van der Waals surface area contributed by atoms with Crippen molar-refractivity contribution >= 4 is 36.7 Å². The number of benzene rings is 1. The van der Waals surface area contributed by atoms with E-state index in [-0.39, 0.29) is 17.6 Å². The number of carboxylic acid groups (broad SMARTS) is 1. The average molecular weight is 391 g/mol. The predicted molar refractivity (Wildman–Crippen MR) is 113 cm³/mol. The van der Waals surface area contributed by atoms with Gasteiger partial charge in [-0.25, -0.2) is 4.79 Å². The first kappa shape index (κ1) is 21.0. The van der Waals surface area contributed by atoms with Gasteiger partial charge < -0.3 is 25.9 Å². The van der Waals surface area contributed by atoms with Crippen LogP contribution in [-0.4, -0.2) is 43.7 Å². The highest BCUT2D eigenvalue weighted by Crippen LogP contribution is 2.36. The number of para-hydroxylation sites is 1. The van der Waals surface area contributed by atoms with Crippen molar-refractivity contribution in [3.63, 3.8) is 0 Å². The Morgan fingerprint density at radius 2 is 2.00 bits per heavy atom. The van der Waals surface area contributed by atoms with Crippen LogP contribution < -0.4 is 16.4 Å². The van der Waals surface area contributed by atoms with Gasteiger partial charge in [-0.3, -0.25) is 4.98 Å². The highest BCUT2D eigenvalue weighted by atomic mass is 28.4. The van der Waals surface area contributed by atoms with Crippen molar-refractivity contribution in [2.45, 2.75) is 44.9 Å². The van der Waals surface area contributed by atoms with Crippen molar-refractivity contribution in [3.8, 4) is 0 Å². The van der Waals surface area contributed by atoms with E-state index in [4.69, 9.17) is 15.3 Å². The lowest BCUT2D eigenvalue weighted by Crippen LogP contribution is -2.46. The molecule has 1 amide bonds. The summed E-state index contributed by atoms with van der Waals surface area (Å²) >= 11 is 0. The van der Waals surface area contributed by atoms with E-state index >= 15 is 0 Å². The van der Waals surface area contributed by atoms with E-state index in [1.54, 1.807) is 6.20 Å². The van der Waals surface area contributed by atoms with Crippen LogP contribution in [0.1, 0.15) is 20.8 Å². The third kappa shape index (κ3) is 5.33. The summed E-state index contributed by atoms with van der Waals surface area (Å²) in [5.74, 6) is 0. The molecular formula is C19H30N4O3Si. The number of nitrogen functional groups attached to an aromatic ring is 1. The molecule has 0 spiro atoms. The predicted octanol–water partition coefficient (Wildman–Crippen LogP) is 3.89. The number of hydrogen-bond acceptors (Lipinski definition) is 5. The van der Waals surface area contributed by atoms with Crippen LogP contribution in [0.5, 0.6) is 0 Å². The first-order valence-electron chi connectivity index (χ1n) is 9.02. The molecule has 0 aliphatic carbocycles. The molecule has 1 aromatic heterocycles. The molecule has 0 aliphatic heterocycles. The average Bonchev–Trinajstić information content (AvgIpc) is 2.58. The molecular weight excluding hydrogens is 360 g/mol. The molecule has 0 bridgehead atoms. The number of aromatic nitrogens is 1. The quantitative estimate of drug-likeness (QED) is 0.534. The van der Waals surface area contributed by atoms with E-state index in [2.05, 4.69) is 49.5 Å². The topological polar surface area (TPSA) is 110 Å². The fourth-order valence-electron chi connectivity index (χ4n) is 2.41. The summed E-state index contributed by atoms with van der Waals surface area (Å²) in [4.78, 5) is 15.3. The molecule has 0 saturated carbocycles. The summed E-state index contributed by atoms with van der Waals surface area (Å²) in [6, 6.07) is 7.43. The third-order valence-electron chi connectivity index (χ3n) is 5.10. The van der Waals surface area contributed by atoms with Gasteiger partial charge in [-0.05, 0) is 24.2 Å². The van der Waals surface area contributed by atoms with Gasteiger partial charge in [0.25, 0.3) is 0 Å². The minimum Gasteiger partial charge on any atom is -0.465 e. The van der Waals surface area contributed by atoms with Crippen molar-refractivity contribution < 1.29 is 14.3 Å². The minimum atomic E-state index is -1.97. The molecule has 8 heteroatoms. The Morgan fingerprint density at radius 1 is 1.33 bits per heavy atom. The molecule has 27 heavy (non-hydrogen) atoms. The summed E-state index contributed by atoms with van der Waals surface area (Å²) in [5, 5.41) is 15.8. The van der Waals surface area contributed by atoms with Crippen molar-refractivity contribution in [2.75, 3.05) is 24.2 Å². The van der Waals surface area contributed by atoms with E-state index in [1.807, 2.05) is 24.3 Å². The molecule has 1 heterocycles. The van der Waals surface area contributed by atoms with Crippen molar-refractivity contribution in [1.29, 1.82) is 0 Å². The smallest absolute Gasteiger partial charge is 0.404 e. The lowest BCUT2D eigenvalue weighted by Gasteiger charge is -2.37. The summed E-state index contributed by atoms with van der Waals surface area (Å²) in [6.45, 7) is 11.4. The van der Waals surface area contributed by atoms with Crippen molar-refractivity contribution in [3.05, 3.63) is 30.5 Å². The van der Waals surface area contributed by atoms with Gasteiger partial charge in [-0.2, -0.15) is 0 Å². The monoisotopic (exact) mass is 390 g/mol. The molecule has 0 unspecified atom stereocenters. The molecule has 0 aliphatic rings. The molecule has 0 radical (unpaired) electrons. The molecule has 1 aromatic carbocycles. The van der Waals surface area contributed by atoms with Gasteiger partial charge in [0.2, 0.25) is 0 Å². The zero-order valence-electron chi connectivity index (χ0n) is 16.7. The van der Waals surface area contributed by atoms with Gasteiger partial charge in [0, 0.05) is 11.9 Å². The lowest BCUT2D eigenvalue weighted by molar-refractivity contribution is 0.192. The summed E-state index contributed by atoms with van der Waals surface area (Å²) in [5.41, 5.74) is 8.23. The minimum absolute atomic E-state index is 0.0696. The molecule has 2 rings (SSSR count). The van der Waals surface area contributed by atoms with Crippen molar-refractivity contribution in [2.24, 2.45) is 0 Å². The Bertz CT molecular complexity index is 805. The van der Waals surface area contributed by atoms with Crippen LogP contribution in [-0.2, 0) is 4.43 Å². The molecule has 148 valence electrons. The normalized spacial score (nSPS) is 13.4. The van der Waals surface area contributed by atoms with Gasteiger partial charge in [0.1, 0.15) is 0 Å². The fourth-order valence-corrected chi connectivity index (χ4v) is 3.46. The maximum absolute atomic E-state index is 11.0. The third-order valence-corrected chi connectivity index (χ3v) is 9.61. The van der Waals surface area contributed by atoms with E-state index < -0.39 is 14.4 Å². The summed E-state index contributed by atoms with van der Waals surface area (Å²) < 4.78 is 6.30. The Labute approximate surface area is 161 Å². The molecule has 7 nitrogen and oxygen atoms in total. The Hall–Kier alpha value is -2.32.